The molecule has 0 fully saturated rings. The van der Waals surface area contributed by atoms with E-state index < -0.39 is 0 Å². The molecule has 0 aliphatic carbocycles. The van der Waals surface area contributed by atoms with Crippen LogP contribution in [0.5, 0.6) is 0 Å². The monoisotopic (exact) mass is 174 g/mol. The Bertz CT molecular complexity index is 179. The first-order valence-corrected chi connectivity index (χ1v) is 3.19. The zero-order chi connectivity index (χ0) is 7.23. The number of rotatable bonds is 3. The van der Waals surface area contributed by atoms with E-state index in [1.165, 1.54) is 0 Å². The molecule has 1 aromatic heterocycles. The van der Waals surface area contributed by atoms with Gasteiger partial charge in [-0.25, -0.2) is 15.4 Å². The first-order chi connectivity index (χ1) is 4.93. The van der Waals surface area contributed by atoms with Crippen molar-refractivity contribution in [3.63, 3.8) is 0 Å². The number of hydrazine groups is 1. The Morgan fingerprint density at radius 3 is 2.55 bits per heavy atom. The van der Waals surface area contributed by atoms with Crippen LogP contribution in [0.2, 0.25) is 0 Å². The standard InChI is InChI=1S/C6H10N4.ClH/c1-2-9-10-6-7-4-3-5-8-6;/h3-5,9H,2H2,1H3,(H,7,8,10);1H. The number of halogens is 1. The van der Waals surface area contributed by atoms with Crippen molar-refractivity contribution in [1.29, 1.82) is 0 Å². The second-order valence-corrected chi connectivity index (χ2v) is 1.73. The largest absolute Gasteiger partial charge is 0.290 e. The lowest BCUT2D eigenvalue weighted by atomic mass is 10.7. The van der Waals surface area contributed by atoms with Crippen LogP contribution in [0.1, 0.15) is 6.92 Å². The van der Waals surface area contributed by atoms with Crippen LogP contribution < -0.4 is 10.9 Å². The van der Waals surface area contributed by atoms with E-state index in [4.69, 9.17) is 0 Å². The molecular weight excluding hydrogens is 164 g/mol. The average molecular weight is 175 g/mol. The average Bonchev–Trinajstić information content (AvgIpc) is 2.03. The van der Waals surface area contributed by atoms with Gasteiger partial charge in [0.15, 0.2) is 0 Å². The minimum Gasteiger partial charge on any atom is -0.290 e. The van der Waals surface area contributed by atoms with E-state index in [9.17, 15) is 0 Å². The number of aromatic nitrogens is 2. The topological polar surface area (TPSA) is 49.8 Å². The van der Waals surface area contributed by atoms with Gasteiger partial charge in [0.05, 0.1) is 0 Å². The Morgan fingerprint density at radius 2 is 2.00 bits per heavy atom. The molecule has 11 heavy (non-hydrogen) atoms. The molecule has 0 bridgehead atoms. The predicted molar refractivity (Wildman–Crippen MR) is 46.6 cm³/mol. The maximum Gasteiger partial charge on any atom is 0.237 e. The summed E-state index contributed by atoms with van der Waals surface area (Å²) >= 11 is 0. The molecule has 0 aliphatic rings. The van der Waals surface area contributed by atoms with E-state index in [2.05, 4.69) is 20.8 Å². The molecule has 0 radical (unpaired) electrons. The van der Waals surface area contributed by atoms with Crippen LogP contribution in [0.25, 0.3) is 0 Å². The molecule has 0 aromatic carbocycles. The Labute approximate surface area is 71.8 Å². The summed E-state index contributed by atoms with van der Waals surface area (Å²) in [4.78, 5) is 7.86. The molecule has 5 heteroatoms. The van der Waals surface area contributed by atoms with Gasteiger partial charge >= 0.3 is 0 Å². The normalized spacial score (nSPS) is 8.45. The highest BCUT2D eigenvalue weighted by atomic mass is 35.5. The van der Waals surface area contributed by atoms with Gasteiger partial charge in [0, 0.05) is 18.9 Å². The Balaban J connectivity index is 0.000001000. The van der Waals surface area contributed by atoms with Crippen molar-refractivity contribution >= 4 is 18.4 Å². The lowest BCUT2D eigenvalue weighted by Crippen LogP contribution is -2.21. The minimum atomic E-state index is 0. The molecule has 0 spiro atoms. The van der Waals surface area contributed by atoms with Crippen molar-refractivity contribution in [3.8, 4) is 0 Å². The molecule has 62 valence electrons. The SMILES string of the molecule is CCNNc1ncccn1.Cl. The van der Waals surface area contributed by atoms with Crippen LogP contribution in [-0.2, 0) is 0 Å². The van der Waals surface area contributed by atoms with Gasteiger partial charge in [0.25, 0.3) is 0 Å². The van der Waals surface area contributed by atoms with Gasteiger partial charge < -0.3 is 0 Å². The highest BCUT2D eigenvalue weighted by molar-refractivity contribution is 5.85. The van der Waals surface area contributed by atoms with Gasteiger partial charge in [-0.3, -0.25) is 5.43 Å². The quantitative estimate of drug-likeness (QED) is 0.667. The van der Waals surface area contributed by atoms with Crippen molar-refractivity contribution < 1.29 is 0 Å². The number of nitrogens with one attached hydrogen (secondary N) is 2. The first-order valence-electron chi connectivity index (χ1n) is 3.19. The molecule has 0 unspecified atom stereocenters. The Kier molecular flexibility index (Phi) is 5.42. The molecule has 1 rings (SSSR count). The molecule has 4 nitrogen and oxygen atoms in total. The lowest BCUT2D eigenvalue weighted by molar-refractivity contribution is 0.824. The first kappa shape index (κ1) is 10.1. The van der Waals surface area contributed by atoms with Gasteiger partial charge in [-0.15, -0.1) is 12.4 Å². The number of anilines is 1. The van der Waals surface area contributed by atoms with Crippen molar-refractivity contribution in [2.24, 2.45) is 0 Å². The van der Waals surface area contributed by atoms with Gasteiger partial charge in [0.2, 0.25) is 5.95 Å². The second kappa shape index (κ2) is 5.88. The van der Waals surface area contributed by atoms with E-state index in [1.807, 2.05) is 6.92 Å². The highest BCUT2D eigenvalue weighted by Gasteiger charge is 1.86. The maximum absolute atomic E-state index is 3.93. The smallest absolute Gasteiger partial charge is 0.237 e. The fourth-order valence-corrected chi connectivity index (χ4v) is 0.531. The number of hydrogen-bond acceptors (Lipinski definition) is 4. The van der Waals surface area contributed by atoms with E-state index in [1.54, 1.807) is 18.5 Å². The van der Waals surface area contributed by atoms with E-state index in [0.717, 1.165) is 6.54 Å². The van der Waals surface area contributed by atoms with Crippen molar-refractivity contribution in [2.45, 2.75) is 6.92 Å². The van der Waals surface area contributed by atoms with Crippen LogP contribution in [0.15, 0.2) is 18.5 Å². The summed E-state index contributed by atoms with van der Waals surface area (Å²) in [7, 11) is 0. The van der Waals surface area contributed by atoms with Crippen LogP contribution in [-0.4, -0.2) is 16.5 Å². The minimum absolute atomic E-state index is 0. The summed E-state index contributed by atoms with van der Waals surface area (Å²) in [6.45, 7) is 2.84. The second-order valence-electron chi connectivity index (χ2n) is 1.73. The fourth-order valence-electron chi connectivity index (χ4n) is 0.531. The van der Waals surface area contributed by atoms with Crippen LogP contribution in [0, 0.1) is 0 Å². The van der Waals surface area contributed by atoms with Gasteiger partial charge in [-0.05, 0) is 6.07 Å². The molecule has 0 atom stereocenters. The number of nitrogens with zero attached hydrogens (tertiary/aromatic N) is 2. The summed E-state index contributed by atoms with van der Waals surface area (Å²) in [6.07, 6.45) is 3.37. The third-order valence-corrected chi connectivity index (χ3v) is 0.943. The van der Waals surface area contributed by atoms with E-state index >= 15 is 0 Å². The molecule has 1 aromatic rings. The van der Waals surface area contributed by atoms with Gasteiger partial charge in [-0.1, -0.05) is 6.92 Å². The van der Waals surface area contributed by atoms with Gasteiger partial charge in [-0.2, -0.15) is 0 Å². The molecule has 0 saturated heterocycles. The van der Waals surface area contributed by atoms with E-state index in [-0.39, 0.29) is 12.4 Å². The summed E-state index contributed by atoms with van der Waals surface area (Å²) in [5.74, 6) is 0.601. The van der Waals surface area contributed by atoms with E-state index in [0.29, 0.717) is 5.95 Å². The number of hydrogen-bond donors (Lipinski definition) is 2. The van der Waals surface area contributed by atoms with Crippen LogP contribution in [0.3, 0.4) is 0 Å². The molecular formula is C6H11ClN4. The summed E-state index contributed by atoms with van der Waals surface area (Å²) in [6, 6.07) is 1.77. The summed E-state index contributed by atoms with van der Waals surface area (Å²) in [5.41, 5.74) is 5.71. The van der Waals surface area contributed by atoms with Crippen molar-refractivity contribution in [3.05, 3.63) is 18.5 Å². The summed E-state index contributed by atoms with van der Waals surface area (Å²) < 4.78 is 0. The molecule has 0 aliphatic heterocycles. The lowest BCUT2D eigenvalue weighted by Gasteiger charge is -2.01. The predicted octanol–water partition coefficient (Wildman–Crippen LogP) is 0.835. The van der Waals surface area contributed by atoms with Crippen molar-refractivity contribution in [2.75, 3.05) is 12.0 Å². The maximum atomic E-state index is 3.93. The molecule has 1 heterocycles. The van der Waals surface area contributed by atoms with Gasteiger partial charge in [0.1, 0.15) is 0 Å². The zero-order valence-electron chi connectivity index (χ0n) is 6.24. The van der Waals surface area contributed by atoms with Crippen LogP contribution >= 0.6 is 12.4 Å². The van der Waals surface area contributed by atoms with Crippen molar-refractivity contribution in [1.82, 2.24) is 15.4 Å². The third kappa shape index (κ3) is 3.75. The van der Waals surface area contributed by atoms with Crippen LogP contribution in [0.4, 0.5) is 5.95 Å². The fraction of sp³-hybridized carbons (Fsp3) is 0.333. The summed E-state index contributed by atoms with van der Waals surface area (Å²) in [5, 5.41) is 0. The Morgan fingerprint density at radius 1 is 1.36 bits per heavy atom. The molecule has 0 amide bonds. The highest BCUT2D eigenvalue weighted by Crippen LogP contribution is 1.89. The molecule has 2 N–H and O–H groups in total. The molecule has 0 saturated carbocycles. The zero-order valence-corrected chi connectivity index (χ0v) is 7.06. The Hall–Kier alpha value is -0.870. The third-order valence-electron chi connectivity index (χ3n) is 0.943.